The molecule has 0 unspecified atom stereocenters. The van der Waals surface area contributed by atoms with Gasteiger partial charge in [0.2, 0.25) is 0 Å². The number of benzene rings is 7. The number of carbonyl (C=O) groups excluding carboxylic acids is 1. The summed E-state index contributed by atoms with van der Waals surface area (Å²) in [6, 6.07) is 25.5. The maximum Gasteiger partial charge on any atom is 0.335 e. The highest BCUT2D eigenvalue weighted by molar-refractivity contribution is 6.40. The third kappa shape index (κ3) is 2.73. The number of aromatic carboxylic acids is 1. The molecule has 4 aromatic heterocycles. The van der Waals surface area contributed by atoms with Crippen LogP contribution in [0.5, 0.6) is 0 Å². The normalized spacial score (nSPS) is 12.7. The standard InChI is InChI=1S/C38H16N4O5/c43-15-16-1-11-26-29(13-16)42-34(39-26)22-7-3-18-20-5-9-24-33-23(35-40-27-14-17(38(46)47)2-12-28(27)41(35)36(24)44)8-4-19(31(20)33)21-6-10-25(37(42)45)32(22)30(18)21/h1-15H,(H,46,47). The number of hydrogen-bond acceptors (Lipinski definition) is 6. The zero-order valence-electron chi connectivity index (χ0n) is 24.0. The molecule has 9 nitrogen and oxygen atoms in total. The molecule has 47 heavy (non-hydrogen) atoms. The van der Waals surface area contributed by atoms with Gasteiger partial charge in [-0.15, -0.1) is 0 Å². The molecule has 0 saturated carbocycles. The van der Waals surface area contributed by atoms with Crippen molar-refractivity contribution in [3.8, 4) is 0 Å². The van der Waals surface area contributed by atoms with Crippen LogP contribution in [0.2, 0.25) is 0 Å². The topological polar surface area (TPSA) is 123 Å². The number of carboxylic acids is 1. The molecule has 218 valence electrons. The summed E-state index contributed by atoms with van der Waals surface area (Å²) >= 11 is 0. The number of rotatable bonds is 2. The number of carbonyl (C=O) groups is 2. The van der Waals surface area contributed by atoms with Crippen LogP contribution in [0, 0.1) is 0 Å². The van der Waals surface area contributed by atoms with E-state index in [1.54, 1.807) is 33.1 Å². The Labute approximate surface area is 260 Å². The van der Waals surface area contributed by atoms with Crippen molar-refractivity contribution in [2.75, 3.05) is 0 Å². The van der Waals surface area contributed by atoms with E-state index in [-0.39, 0.29) is 16.7 Å². The Morgan fingerprint density at radius 2 is 1.04 bits per heavy atom. The lowest BCUT2D eigenvalue weighted by molar-refractivity contribution is 0.0697. The molecule has 0 saturated heterocycles. The van der Waals surface area contributed by atoms with Crippen LogP contribution in [0.15, 0.2) is 94.5 Å². The summed E-state index contributed by atoms with van der Waals surface area (Å²) in [5.41, 5.74) is 3.38. The summed E-state index contributed by atoms with van der Waals surface area (Å²) in [7, 11) is 0. The van der Waals surface area contributed by atoms with Crippen LogP contribution in [0.4, 0.5) is 0 Å². The second-order valence-corrected chi connectivity index (χ2v) is 12.2. The first kappa shape index (κ1) is 24.6. The summed E-state index contributed by atoms with van der Waals surface area (Å²) < 4.78 is 3.17. The quantitative estimate of drug-likeness (QED) is 0.131. The molecule has 0 amide bonds. The van der Waals surface area contributed by atoms with Gasteiger partial charge in [-0.05, 0) is 93.0 Å². The van der Waals surface area contributed by atoms with Crippen molar-refractivity contribution in [3.63, 3.8) is 0 Å². The van der Waals surface area contributed by atoms with E-state index in [0.717, 1.165) is 60.1 Å². The van der Waals surface area contributed by atoms with E-state index in [1.165, 1.54) is 12.1 Å². The Morgan fingerprint density at radius 3 is 1.60 bits per heavy atom. The van der Waals surface area contributed by atoms with Crippen molar-refractivity contribution in [2.45, 2.75) is 0 Å². The van der Waals surface area contributed by atoms with Crippen LogP contribution >= 0.6 is 0 Å². The van der Waals surface area contributed by atoms with Crippen molar-refractivity contribution in [3.05, 3.63) is 117 Å². The van der Waals surface area contributed by atoms with Crippen molar-refractivity contribution in [1.82, 2.24) is 18.8 Å². The fourth-order valence-electron chi connectivity index (χ4n) is 8.01. The molecular weight excluding hydrogens is 592 g/mol. The lowest BCUT2D eigenvalue weighted by atomic mass is 9.86. The van der Waals surface area contributed by atoms with E-state index in [4.69, 9.17) is 9.97 Å². The molecule has 7 aromatic carbocycles. The van der Waals surface area contributed by atoms with Crippen LogP contribution in [0.3, 0.4) is 0 Å². The first-order valence-electron chi connectivity index (χ1n) is 15.0. The second-order valence-electron chi connectivity index (χ2n) is 12.2. The minimum Gasteiger partial charge on any atom is -0.478 e. The van der Waals surface area contributed by atoms with E-state index in [0.29, 0.717) is 49.7 Å². The molecular formula is C38H16N4O5. The van der Waals surface area contributed by atoms with Crippen molar-refractivity contribution >= 4 is 110 Å². The zero-order valence-corrected chi connectivity index (χ0v) is 24.0. The Hall–Kier alpha value is -6.74. The monoisotopic (exact) mass is 608 g/mol. The van der Waals surface area contributed by atoms with Gasteiger partial charge in [-0.2, -0.15) is 0 Å². The fourth-order valence-corrected chi connectivity index (χ4v) is 8.01. The van der Waals surface area contributed by atoms with Gasteiger partial charge in [0.25, 0.3) is 11.1 Å². The van der Waals surface area contributed by atoms with E-state index in [1.807, 2.05) is 42.5 Å². The average Bonchev–Trinajstić information content (AvgIpc) is 3.67. The van der Waals surface area contributed by atoms with Gasteiger partial charge in [-0.3, -0.25) is 23.2 Å². The average molecular weight is 609 g/mol. The summed E-state index contributed by atoms with van der Waals surface area (Å²) in [6.07, 6.45) is 0.762. The van der Waals surface area contributed by atoms with Gasteiger partial charge in [-0.25, -0.2) is 14.8 Å². The number of hydrogen-bond donors (Lipinski definition) is 1. The van der Waals surface area contributed by atoms with Gasteiger partial charge in [0.15, 0.2) is 0 Å². The molecule has 11 rings (SSSR count). The lowest BCUT2D eigenvalue weighted by Gasteiger charge is -2.18. The summed E-state index contributed by atoms with van der Waals surface area (Å²) in [6.45, 7) is 0. The van der Waals surface area contributed by atoms with Crippen molar-refractivity contribution in [2.24, 2.45) is 0 Å². The maximum atomic E-state index is 14.1. The number of carboxylic acid groups (broad SMARTS) is 1. The molecule has 4 heterocycles. The number of imidazole rings is 2. The lowest BCUT2D eigenvalue weighted by Crippen LogP contribution is -2.14. The highest BCUT2D eigenvalue weighted by Crippen LogP contribution is 2.45. The molecule has 0 aliphatic carbocycles. The molecule has 0 aliphatic rings. The van der Waals surface area contributed by atoms with Gasteiger partial charge in [0.05, 0.1) is 27.6 Å². The first-order valence-corrected chi connectivity index (χ1v) is 15.0. The summed E-state index contributed by atoms with van der Waals surface area (Å²) in [5.74, 6) is -1.06. The smallest absolute Gasteiger partial charge is 0.335 e. The SMILES string of the molecule is O=Cc1ccc2nc3c4ccc5c6ccc7c(=O)n8c9ccc(C(=O)O)cc9nc8c8ccc(c9ccc(c(=O)n3c2c1)c4c95)c6c78. The Bertz CT molecular complexity index is 3380. The van der Waals surface area contributed by atoms with Gasteiger partial charge in [-0.1, -0.05) is 24.3 Å². The fraction of sp³-hybridized carbons (Fsp3) is 0. The third-order valence-corrected chi connectivity index (χ3v) is 9.97. The van der Waals surface area contributed by atoms with Crippen LogP contribution in [0.25, 0.3) is 98.0 Å². The molecule has 0 aliphatic heterocycles. The highest BCUT2D eigenvalue weighted by atomic mass is 16.4. The van der Waals surface area contributed by atoms with Crippen LogP contribution in [0.1, 0.15) is 20.7 Å². The molecule has 1 N–H and O–H groups in total. The molecule has 0 fully saturated rings. The molecule has 0 spiro atoms. The first-order chi connectivity index (χ1) is 22.9. The number of nitrogens with zero attached hydrogens (tertiary/aromatic N) is 4. The van der Waals surface area contributed by atoms with Gasteiger partial charge in [0.1, 0.15) is 17.6 Å². The third-order valence-electron chi connectivity index (χ3n) is 9.97. The summed E-state index contributed by atoms with van der Waals surface area (Å²) in [5, 5.41) is 19.6. The van der Waals surface area contributed by atoms with Crippen LogP contribution < -0.4 is 11.1 Å². The second kappa shape index (κ2) is 7.91. The van der Waals surface area contributed by atoms with E-state index >= 15 is 0 Å². The number of pyridine rings is 2. The van der Waals surface area contributed by atoms with Crippen molar-refractivity contribution < 1.29 is 14.7 Å². The Kier molecular flexibility index (Phi) is 4.13. The molecule has 0 bridgehead atoms. The largest absolute Gasteiger partial charge is 0.478 e. The maximum absolute atomic E-state index is 14.1. The molecule has 0 radical (unpaired) electrons. The van der Waals surface area contributed by atoms with Crippen LogP contribution in [-0.4, -0.2) is 36.1 Å². The Balaban J connectivity index is 1.33. The summed E-state index contributed by atoms with van der Waals surface area (Å²) in [4.78, 5) is 61.0. The van der Waals surface area contributed by atoms with E-state index < -0.39 is 5.97 Å². The highest BCUT2D eigenvalue weighted by Gasteiger charge is 2.24. The number of fused-ring (bicyclic) bond motifs is 10. The van der Waals surface area contributed by atoms with Gasteiger partial charge in [0, 0.05) is 37.9 Å². The van der Waals surface area contributed by atoms with Gasteiger partial charge < -0.3 is 5.11 Å². The minimum atomic E-state index is -1.06. The van der Waals surface area contributed by atoms with Gasteiger partial charge >= 0.3 is 5.97 Å². The van der Waals surface area contributed by atoms with Crippen LogP contribution in [-0.2, 0) is 0 Å². The minimum absolute atomic E-state index is 0.103. The Morgan fingerprint density at radius 1 is 0.553 bits per heavy atom. The zero-order chi connectivity index (χ0) is 31.5. The van der Waals surface area contributed by atoms with E-state index in [9.17, 15) is 24.3 Å². The number of aldehydes is 1. The predicted octanol–water partition coefficient (Wildman–Crippen LogP) is 6.75. The molecule has 0 atom stereocenters. The molecule has 11 aromatic rings. The number of aromatic nitrogens is 4. The predicted molar refractivity (Wildman–Crippen MR) is 182 cm³/mol. The molecule has 9 heteroatoms. The van der Waals surface area contributed by atoms with E-state index in [2.05, 4.69) is 6.07 Å². The van der Waals surface area contributed by atoms with Crippen molar-refractivity contribution in [1.29, 1.82) is 0 Å².